The molecule has 0 amide bonds. The number of sulfone groups is 3. The predicted molar refractivity (Wildman–Crippen MR) is 293 cm³/mol. The van der Waals surface area contributed by atoms with Crippen LogP contribution < -0.4 is 98.7 Å². The van der Waals surface area contributed by atoms with Gasteiger partial charge in [0.15, 0.2) is 7.05 Å². The number of hydrogen-bond acceptors (Lipinski definition) is 26. The monoisotopic (exact) mass is 1540 g/mol. The third-order valence-corrected chi connectivity index (χ3v) is 11.4. The molecule has 1 atom stereocenters. The number of rotatable bonds is 10. The number of aromatic nitrogens is 2. The summed E-state index contributed by atoms with van der Waals surface area (Å²) in [6.45, 7) is 1.08. The first-order chi connectivity index (χ1) is 35.5. The van der Waals surface area contributed by atoms with Crippen molar-refractivity contribution in [3.8, 4) is 0 Å². The van der Waals surface area contributed by atoms with E-state index in [1.165, 1.54) is 72.8 Å². The largest absolute Gasteiger partial charge is 1.00 e. The van der Waals surface area contributed by atoms with Gasteiger partial charge in [0.2, 0.25) is 9.84 Å². The minimum absolute atomic E-state index is 0. The molecule has 1 aromatic heterocycles. The molecule has 1 radical (unpaired) electrons. The van der Waals surface area contributed by atoms with E-state index in [1.807, 2.05) is 0 Å². The summed E-state index contributed by atoms with van der Waals surface area (Å²) in [6.07, 6.45) is 0. The molecule has 5 N–H and O–H groups in total. The van der Waals surface area contributed by atoms with E-state index >= 15 is 0 Å². The van der Waals surface area contributed by atoms with E-state index in [0.717, 1.165) is 27.1 Å². The zero-order chi connectivity index (χ0) is 60.9. The van der Waals surface area contributed by atoms with Crippen LogP contribution in [0.4, 0.5) is 4.32 Å². The summed E-state index contributed by atoms with van der Waals surface area (Å²) in [5.41, 5.74) is 0. The molecule has 5 rings (SSSR count). The molecule has 0 spiro atoms. The molecule has 30 nitrogen and oxygen atoms in total. The molecule has 0 aliphatic carbocycles. The van der Waals surface area contributed by atoms with Crippen LogP contribution in [0.15, 0.2) is 156 Å². The molecule has 0 aliphatic heterocycles. The number of carboxylic acids is 1. The Morgan fingerprint density at radius 2 is 1.08 bits per heavy atom. The summed E-state index contributed by atoms with van der Waals surface area (Å²) >= 11 is 14.2. The number of nitro groups is 2. The Labute approximate surface area is 563 Å². The Morgan fingerprint density at radius 3 is 1.30 bits per heavy atom. The van der Waals surface area contributed by atoms with Crippen LogP contribution in [0.1, 0.15) is 6.92 Å². The number of aliphatic carboxylic acids is 1. The van der Waals surface area contributed by atoms with E-state index in [1.54, 1.807) is 48.5 Å². The first kappa shape index (κ1) is 99.8. The number of nitrogens with one attached hydrogen (secondary N) is 3. The van der Waals surface area contributed by atoms with Crippen molar-refractivity contribution in [3.63, 3.8) is 0 Å². The van der Waals surface area contributed by atoms with E-state index in [0.29, 0.717) is 12.3 Å². The van der Waals surface area contributed by atoms with E-state index in [2.05, 4.69) is 99.7 Å². The van der Waals surface area contributed by atoms with Crippen molar-refractivity contribution >= 4 is 147 Å². The summed E-state index contributed by atoms with van der Waals surface area (Å²) in [4.78, 5) is 40.9. The van der Waals surface area contributed by atoms with Crippen LogP contribution in [0.2, 0.25) is 0 Å². The summed E-state index contributed by atoms with van der Waals surface area (Å²) in [5.74, 6) is 3.77. The van der Waals surface area contributed by atoms with E-state index in [9.17, 15) is 53.7 Å². The van der Waals surface area contributed by atoms with Crippen molar-refractivity contribution in [1.29, 1.82) is 10.3 Å². The van der Waals surface area contributed by atoms with Crippen LogP contribution in [-0.2, 0) is 78.9 Å². The Hall–Kier alpha value is -1.27. The molecule has 1 unspecified atom stereocenters. The molecule has 47 heteroatoms. The molecule has 0 saturated heterocycles. The molecule has 0 bridgehead atoms. The maximum absolute atomic E-state index is 12.6. The second-order valence-corrected chi connectivity index (χ2v) is 18.8. The quantitative estimate of drug-likeness (QED) is 0.0127. The molecule has 5 aromatic rings. The van der Waals surface area contributed by atoms with Crippen molar-refractivity contribution in [2.24, 2.45) is 0 Å². The van der Waals surface area contributed by atoms with Crippen LogP contribution in [0.25, 0.3) is 5.90 Å². The fraction of sp³-hybridized carbons (Fsp3) is 0.125. The summed E-state index contributed by atoms with van der Waals surface area (Å²) < 4.78 is 108. The molecule has 0 aliphatic rings. The number of hydrogen-bond donors (Lipinski definition) is 4. The van der Waals surface area contributed by atoms with Crippen LogP contribution >= 0.6 is 63.6 Å². The van der Waals surface area contributed by atoms with Gasteiger partial charge in [0, 0.05) is 58.9 Å². The van der Waals surface area contributed by atoms with Gasteiger partial charge in [0.1, 0.15) is 0 Å². The molecule has 419 valence electrons. The molecule has 0 fully saturated rings. The van der Waals surface area contributed by atoms with Crippen molar-refractivity contribution in [3.05, 3.63) is 170 Å². The first-order valence-corrected chi connectivity index (χ1v) is 33.8. The van der Waals surface area contributed by atoms with E-state index in [4.69, 9.17) is 56.7 Å². The van der Waals surface area contributed by atoms with Gasteiger partial charge in [-0.1, -0.05) is 72.8 Å². The zero-order valence-corrected chi connectivity index (χ0v) is 59.1. The van der Waals surface area contributed by atoms with E-state index < -0.39 is 82.3 Å². The molecular formula is C32H38B2FI2N8Na3O22P2S7+. The van der Waals surface area contributed by atoms with Crippen LogP contribution in [0, 0.1) is 53.0 Å². The van der Waals surface area contributed by atoms with Crippen molar-refractivity contribution in [2.75, 3.05) is 20.0 Å². The SMILES string of the molecule is CC(=O)O.C[N+](=O)[O-].C[O-].F[B]B=S.II.N=[P+]=S.N=[P+]=S.O=S(=O)(c1ccccc1)c1no[n+]([O-])c1S(=O)(=O)c1ccccc1.O=S([O-])c1ccccc1.O=[N+]([O-])CS(=O)(=O)c1ccccc1.O=[N+]([O-])O.[CH2-]OO[NH-].[Na+].[Na+].[Na+]. The average Bonchev–Trinajstić information content (AvgIpc) is 3.79. The Morgan fingerprint density at radius 1 is 0.823 bits per heavy atom. The minimum atomic E-state index is -4.43. The summed E-state index contributed by atoms with van der Waals surface area (Å²) in [5, 5.41) is 73.0. The normalized spacial score (nSPS) is 8.99. The second kappa shape index (κ2) is 65.9. The van der Waals surface area contributed by atoms with Gasteiger partial charge < -0.3 is 41.0 Å². The van der Waals surface area contributed by atoms with Crippen molar-refractivity contribution in [1.82, 2.24) is 5.16 Å². The third-order valence-electron chi connectivity index (χ3n) is 5.59. The van der Waals surface area contributed by atoms with Crippen LogP contribution in [0.5, 0.6) is 0 Å². The van der Waals surface area contributed by atoms with Gasteiger partial charge in [0.05, 0.1) is 19.8 Å². The van der Waals surface area contributed by atoms with E-state index in [-0.39, 0.29) is 118 Å². The Kier molecular flexibility index (Phi) is 83.2. The maximum Gasteiger partial charge on any atom is 1.00 e. The van der Waals surface area contributed by atoms with Crippen molar-refractivity contribution < 1.29 is 182 Å². The standard InChI is InChI=1S/C14H10N2O6S2.C7H7NO4S.C6H6O2S.C2H4O2.2CH3NO2.CH3O.B2FS.I2.HNO3.2HNPS.3Na/c17-16-14(24(20,21)12-9-5-2-6-10-12)13(15-22-16)23(18,19)11-7-3-1-4-8-11;9-8(10)6-13(11,12)7-4-2-1-3-5-7;7-9(8)6-4-2-1-3-5-6;1-2(3)4;1-3-4-2;1-2(3)4;1-2;3-1-2-4;1-2;2-1(3)4;2*1-2-3;;;/h1-10H;1-5H,6H2;1-5H,(H,7,8);1H3,(H,3,4);2H,1H2;1H3;1H3;;;(H,2,3,4);2*1H;;;/q;;;;-2;;-1;;;;5*+1/p-1. The zero-order valence-electron chi connectivity index (χ0n) is 41.3. The van der Waals surface area contributed by atoms with Gasteiger partial charge in [-0.15, -0.1) is 10.1 Å². The maximum atomic E-state index is 12.6. The van der Waals surface area contributed by atoms with Gasteiger partial charge in [0.25, 0.3) is 30.7 Å². The average molecular weight is 1540 g/mol. The minimum Gasteiger partial charge on any atom is -0.768 e. The van der Waals surface area contributed by atoms with Crippen LogP contribution in [-0.4, -0.2) is 104 Å². The van der Waals surface area contributed by atoms with Gasteiger partial charge in [-0.25, -0.2) is 25.3 Å². The Bertz CT molecular complexity index is 2780. The number of carboxylic acid groups (broad SMARTS) is 1. The molecule has 1 heterocycles. The number of carbonyl (C=O) groups is 1. The number of benzene rings is 4. The Balaban J connectivity index is -0.0000000929. The summed E-state index contributed by atoms with van der Waals surface area (Å²) in [6, 6.07) is 30.5. The van der Waals surface area contributed by atoms with Crippen molar-refractivity contribution in [2.45, 2.75) is 36.6 Å². The molecular weight excluding hydrogens is 1500 g/mol. The predicted octanol–water partition coefficient (Wildman–Crippen LogP) is -2.70. The number of halogens is 3. The topological polar surface area (TPSA) is 495 Å². The van der Waals surface area contributed by atoms with Gasteiger partial charge in [-0.05, 0) is 64.5 Å². The van der Waals surface area contributed by atoms with Gasteiger partial charge in [-0.2, -0.15) is 14.2 Å². The second-order valence-electron chi connectivity index (χ2n) is 10.5. The fourth-order valence-electron chi connectivity index (χ4n) is 3.40. The number of nitrogens with zero attached hydrogens (tertiary/aromatic N) is 5. The molecule has 79 heavy (non-hydrogen) atoms. The molecule has 4 aromatic carbocycles. The smallest absolute Gasteiger partial charge is 0.768 e. The first-order valence-electron chi connectivity index (χ1n) is 17.5. The summed E-state index contributed by atoms with van der Waals surface area (Å²) in [7, 11) is -7.39. The van der Waals surface area contributed by atoms with Crippen LogP contribution in [0.3, 0.4) is 0 Å². The third kappa shape index (κ3) is 59.7. The van der Waals surface area contributed by atoms with Gasteiger partial charge >= 0.3 is 183 Å². The van der Waals surface area contributed by atoms with Gasteiger partial charge in [-0.3, -0.25) is 33.9 Å². The fourth-order valence-corrected chi connectivity index (χ4v) is 7.85. The molecule has 0 saturated carbocycles.